The molecule has 1 aromatic heterocycles. The fourth-order valence-corrected chi connectivity index (χ4v) is 2.51. The number of rotatable bonds is 5. The van der Waals surface area contributed by atoms with E-state index >= 15 is 0 Å². The highest BCUT2D eigenvalue weighted by Gasteiger charge is 2.16. The van der Waals surface area contributed by atoms with E-state index in [1.807, 2.05) is 0 Å². The number of aromatic carboxylic acids is 1. The molecule has 0 amide bonds. The lowest BCUT2D eigenvalue weighted by molar-refractivity contribution is -0.387. The summed E-state index contributed by atoms with van der Waals surface area (Å²) in [5.41, 5.74) is 0.317. The Balaban J connectivity index is 2.22. The van der Waals surface area contributed by atoms with Crippen LogP contribution in [0.25, 0.3) is 0 Å². The molecule has 0 fully saturated rings. The van der Waals surface area contributed by atoms with Crippen molar-refractivity contribution in [2.45, 2.75) is 10.6 Å². The van der Waals surface area contributed by atoms with Crippen LogP contribution in [0.5, 0.6) is 0 Å². The molecule has 7 nitrogen and oxygen atoms in total. The first-order chi connectivity index (χ1) is 9.59. The first-order valence-corrected chi connectivity index (χ1v) is 6.46. The summed E-state index contributed by atoms with van der Waals surface area (Å²) in [6.07, 6.45) is 2.46. The number of nitro groups is 1. The first-order valence-electron chi connectivity index (χ1n) is 5.48. The third kappa shape index (κ3) is 3.09. The molecule has 0 saturated heterocycles. The van der Waals surface area contributed by atoms with Crippen molar-refractivity contribution in [3.8, 4) is 0 Å². The Hall–Kier alpha value is -2.48. The predicted octanol–water partition coefficient (Wildman–Crippen LogP) is 2.38. The van der Waals surface area contributed by atoms with Gasteiger partial charge in [-0.05, 0) is 6.07 Å². The van der Waals surface area contributed by atoms with Gasteiger partial charge in [-0.2, -0.15) is 0 Å². The molecule has 1 aromatic carbocycles. The Morgan fingerprint density at radius 3 is 2.85 bits per heavy atom. The van der Waals surface area contributed by atoms with E-state index in [2.05, 4.69) is 9.97 Å². The summed E-state index contributed by atoms with van der Waals surface area (Å²) in [6.45, 7) is 0. The van der Waals surface area contributed by atoms with Gasteiger partial charge in [-0.15, -0.1) is 11.8 Å². The molecule has 0 unspecified atom stereocenters. The second-order valence-electron chi connectivity index (χ2n) is 3.70. The molecule has 1 N–H and O–H groups in total. The van der Waals surface area contributed by atoms with Crippen LogP contribution in [0.1, 0.15) is 16.1 Å². The molecule has 20 heavy (non-hydrogen) atoms. The summed E-state index contributed by atoms with van der Waals surface area (Å²) in [4.78, 5) is 29.4. The van der Waals surface area contributed by atoms with Crippen molar-refractivity contribution < 1.29 is 14.8 Å². The summed E-state index contributed by atoms with van der Waals surface area (Å²) in [7, 11) is 0. The lowest BCUT2D eigenvalue weighted by Crippen LogP contribution is -2.04. The maximum atomic E-state index is 11.0. The Morgan fingerprint density at radius 1 is 1.40 bits per heavy atom. The molecule has 8 heteroatoms. The standard InChI is InChI=1S/C12H9N3O4S/c16-12(17)8-5-13-7-14-9(8)6-20-11-4-2-1-3-10(11)15(18)19/h1-5,7H,6H2,(H,16,17). The molecule has 2 aromatic rings. The minimum absolute atomic E-state index is 0.00131. The number of carbonyl (C=O) groups is 1. The molecule has 0 aliphatic heterocycles. The Bertz CT molecular complexity index is 605. The van der Waals surface area contributed by atoms with Crippen LogP contribution in [0, 0.1) is 10.1 Å². The average Bonchev–Trinajstić information content (AvgIpc) is 2.45. The quantitative estimate of drug-likeness (QED) is 0.512. The van der Waals surface area contributed by atoms with Crippen LogP contribution in [0.3, 0.4) is 0 Å². The summed E-state index contributed by atoms with van der Waals surface area (Å²) in [6, 6.07) is 6.29. The molecule has 2 rings (SSSR count). The van der Waals surface area contributed by atoms with E-state index in [0.717, 1.165) is 11.8 Å². The first kappa shape index (κ1) is 13.9. The number of nitro benzene ring substituents is 1. The highest BCUT2D eigenvalue weighted by molar-refractivity contribution is 7.98. The molecule has 102 valence electrons. The molecule has 0 radical (unpaired) electrons. The molecule has 0 atom stereocenters. The molecule has 0 spiro atoms. The smallest absolute Gasteiger partial charge is 0.339 e. The van der Waals surface area contributed by atoms with Gasteiger partial charge in [0.15, 0.2) is 0 Å². The third-order valence-corrected chi connectivity index (χ3v) is 3.53. The van der Waals surface area contributed by atoms with E-state index in [1.54, 1.807) is 18.2 Å². The Labute approximate surface area is 117 Å². The van der Waals surface area contributed by atoms with Crippen molar-refractivity contribution in [2.75, 3.05) is 0 Å². The second kappa shape index (κ2) is 6.11. The van der Waals surface area contributed by atoms with Crippen molar-refractivity contribution in [1.29, 1.82) is 0 Å². The minimum Gasteiger partial charge on any atom is -0.478 e. The normalized spacial score (nSPS) is 10.2. The van der Waals surface area contributed by atoms with E-state index in [0.29, 0.717) is 10.6 Å². The van der Waals surface area contributed by atoms with Crippen LogP contribution in [0.4, 0.5) is 5.69 Å². The van der Waals surface area contributed by atoms with Crippen LogP contribution < -0.4 is 0 Å². The number of nitrogens with zero attached hydrogens (tertiary/aromatic N) is 3. The Kier molecular flexibility index (Phi) is 4.26. The van der Waals surface area contributed by atoms with Gasteiger partial charge in [0.2, 0.25) is 0 Å². The topological polar surface area (TPSA) is 106 Å². The SMILES string of the molecule is O=C(O)c1cncnc1CSc1ccccc1[N+](=O)[O-]. The number of carboxylic acid groups (broad SMARTS) is 1. The predicted molar refractivity (Wildman–Crippen MR) is 71.6 cm³/mol. The fourth-order valence-electron chi connectivity index (χ4n) is 1.52. The summed E-state index contributed by atoms with van der Waals surface area (Å²) in [5.74, 6) is -0.904. The van der Waals surface area contributed by atoms with E-state index in [-0.39, 0.29) is 17.0 Å². The monoisotopic (exact) mass is 291 g/mol. The zero-order chi connectivity index (χ0) is 14.5. The largest absolute Gasteiger partial charge is 0.478 e. The van der Waals surface area contributed by atoms with Gasteiger partial charge in [0.25, 0.3) is 5.69 Å². The van der Waals surface area contributed by atoms with Crippen molar-refractivity contribution in [3.05, 3.63) is 58.2 Å². The maximum Gasteiger partial charge on any atom is 0.339 e. The molecule has 0 aliphatic rings. The zero-order valence-electron chi connectivity index (χ0n) is 10.1. The summed E-state index contributed by atoms with van der Waals surface area (Å²) in [5, 5.41) is 19.9. The second-order valence-corrected chi connectivity index (χ2v) is 4.72. The van der Waals surface area contributed by atoms with Crippen molar-refractivity contribution >= 4 is 23.4 Å². The maximum absolute atomic E-state index is 11.0. The fraction of sp³-hybridized carbons (Fsp3) is 0.0833. The van der Waals surface area contributed by atoms with Gasteiger partial charge >= 0.3 is 5.97 Å². The van der Waals surface area contributed by atoms with Gasteiger partial charge in [-0.1, -0.05) is 12.1 Å². The molecule has 0 bridgehead atoms. The number of aromatic nitrogens is 2. The van der Waals surface area contributed by atoms with Gasteiger partial charge in [-0.3, -0.25) is 10.1 Å². The number of hydrogen-bond donors (Lipinski definition) is 1. The Morgan fingerprint density at radius 2 is 2.15 bits per heavy atom. The molecule has 1 heterocycles. The van der Waals surface area contributed by atoms with Crippen LogP contribution in [0.2, 0.25) is 0 Å². The number of thioether (sulfide) groups is 1. The van der Waals surface area contributed by atoms with Gasteiger partial charge in [0, 0.05) is 18.0 Å². The zero-order valence-corrected chi connectivity index (χ0v) is 10.9. The van der Waals surface area contributed by atoms with Crippen molar-refractivity contribution in [1.82, 2.24) is 9.97 Å². The highest BCUT2D eigenvalue weighted by Crippen LogP contribution is 2.31. The van der Waals surface area contributed by atoms with E-state index in [1.165, 1.54) is 18.6 Å². The van der Waals surface area contributed by atoms with E-state index < -0.39 is 10.9 Å². The van der Waals surface area contributed by atoms with Crippen LogP contribution in [0.15, 0.2) is 41.7 Å². The van der Waals surface area contributed by atoms with Crippen LogP contribution in [-0.2, 0) is 5.75 Å². The number of para-hydroxylation sites is 1. The minimum atomic E-state index is -1.12. The highest BCUT2D eigenvalue weighted by atomic mass is 32.2. The molecular weight excluding hydrogens is 282 g/mol. The van der Waals surface area contributed by atoms with Crippen LogP contribution in [-0.4, -0.2) is 26.0 Å². The van der Waals surface area contributed by atoms with Crippen molar-refractivity contribution in [3.63, 3.8) is 0 Å². The summed E-state index contributed by atoms with van der Waals surface area (Å²) < 4.78 is 0. The van der Waals surface area contributed by atoms with Gasteiger partial charge in [-0.25, -0.2) is 14.8 Å². The number of hydrogen-bond acceptors (Lipinski definition) is 6. The lowest BCUT2D eigenvalue weighted by atomic mass is 10.2. The summed E-state index contributed by atoms with van der Waals surface area (Å²) >= 11 is 1.16. The average molecular weight is 291 g/mol. The molecule has 0 saturated carbocycles. The number of carboxylic acids is 1. The van der Waals surface area contributed by atoms with E-state index in [9.17, 15) is 14.9 Å². The molecule has 0 aliphatic carbocycles. The van der Waals surface area contributed by atoms with E-state index in [4.69, 9.17) is 5.11 Å². The van der Waals surface area contributed by atoms with Gasteiger partial charge in [0.05, 0.1) is 15.5 Å². The van der Waals surface area contributed by atoms with Gasteiger partial charge in [0.1, 0.15) is 11.9 Å². The van der Waals surface area contributed by atoms with Gasteiger partial charge < -0.3 is 5.11 Å². The lowest BCUT2D eigenvalue weighted by Gasteiger charge is -2.04. The number of benzene rings is 1. The third-order valence-electron chi connectivity index (χ3n) is 2.45. The molecular formula is C12H9N3O4S. The van der Waals surface area contributed by atoms with Crippen LogP contribution >= 0.6 is 11.8 Å². The van der Waals surface area contributed by atoms with Crippen molar-refractivity contribution in [2.24, 2.45) is 0 Å².